The molecule has 0 aromatic carbocycles. The van der Waals surface area contributed by atoms with Gasteiger partial charge in [-0.25, -0.2) is 4.79 Å². The number of rotatable bonds is 16. The van der Waals surface area contributed by atoms with Crippen molar-refractivity contribution >= 4 is 23.1 Å². The number of hydrogen-bond acceptors (Lipinski definition) is 6. The van der Waals surface area contributed by atoms with Gasteiger partial charge in [0.25, 0.3) is 0 Å². The number of thiophene rings is 1. The van der Waals surface area contributed by atoms with E-state index >= 15 is 0 Å². The summed E-state index contributed by atoms with van der Waals surface area (Å²) in [6.07, 6.45) is 12.6. The number of hydrogen-bond donors (Lipinski definition) is 2. The lowest BCUT2D eigenvalue weighted by Gasteiger charge is -2.22. The van der Waals surface area contributed by atoms with Crippen LogP contribution in [0.15, 0.2) is 12.1 Å². The number of aliphatic hydroxyl groups excluding tert-OH is 2. The van der Waals surface area contributed by atoms with Gasteiger partial charge in [0.05, 0.1) is 12.7 Å². The SMILES string of the molecule is CCCCCCCC(=O)CC[C@@H]1[C@@H](CCCc2ccc(C(=O)OCCO)s2)CC[C@H]1O. The van der Waals surface area contributed by atoms with Crippen molar-refractivity contribution < 1.29 is 24.5 Å². The Balaban J connectivity index is 1.68. The number of unbranched alkanes of at least 4 members (excludes halogenated alkanes) is 4. The van der Waals surface area contributed by atoms with Crippen molar-refractivity contribution in [3.8, 4) is 0 Å². The van der Waals surface area contributed by atoms with Gasteiger partial charge in [0.1, 0.15) is 17.3 Å². The summed E-state index contributed by atoms with van der Waals surface area (Å²) in [4.78, 5) is 25.8. The first-order valence-electron chi connectivity index (χ1n) is 12.1. The van der Waals surface area contributed by atoms with Crippen molar-refractivity contribution in [1.82, 2.24) is 0 Å². The maximum atomic E-state index is 12.2. The van der Waals surface area contributed by atoms with E-state index in [1.807, 2.05) is 6.07 Å². The quantitative estimate of drug-likeness (QED) is 0.262. The fourth-order valence-electron chi connectivity index (χ4n) is 4.66. The third-order valence-corrected chi connectivity index (χ3v) is 7.56. The van der Waals surface area contributed by atoms with Crippen LogP contribution in [0, 0.1) is 11.8 Å². The summed E-state index contributed by atoms with van der Waals surface area (Å²) in [5.41, 5.74) is 0. The number of esters is 1. The van der Waals surface area contributed by atoms with E-state index < -0.39 is 0 Å². The number of aliphatic hydroxyl groups is 2. The zero-order valence-electron chi connectivity index (χ0n) is 19.0. The molecule has 0 amide bonds. The number of carbonyl (C=O) groups excluding carboxylic acids is 2. The van der Waals surface area contributed by atoms with E-state index in [2.05, 4.69) is 6.92 Å². The fourth-order valence-corrected chi connectivity index (χ4v) is 5.61. The van der Waals surface area contributed by atoms with E-state index in [1.165, 1.54) is 30.6 Å². The van der Waals surface area contributed by atoms with Gasteiger partial charge in [-0.2, -0.15) is 0 Å². The van der Waals surface area contributed by atoms with E-state index in [0.717, 1.165) is 56.2 Å². The number of ether oxygens (including phenoxy) is 1. The Hall–Kier alpha value is -1.24. The van der Waals surface area contributed by atoms with Gasteiger partial charge in [0, 0.05) is 17.7 Å². The van der Waals surface area contributed by atoms with Gasteiger partial charge in [-0.1, -0.05) is 32.6 Å². The molecule has 1 heterocycles. The first-order chi connectivity index (χ1) is 15.0. The molecule has 176 valence electrons. The second-order valence-corrected chi connectivity index (χ2v) is 10.00. The number of carbonyl (C=O) groups is 2. The second-order valence-electron chi connectivity index (χ2n) is 8.83. The third-order valence-electron chi connectivity index (χ3n) is 6.43. The van der Waals surface area contributed by atoms with E-state index in [4.69, 9.17) is 9.84 Å². The van der Waals surface area contributed by atoms with Crippen molar-refractivity contribution in [2.24, 2.45) is 11.8 Å². The molecule has 1 aliphatic carbocycles. The highest BCUT2D eigenvalue weighted by Gasteiger charge is 2.34. The molecule has 0 bridgehead atoms. The Labute approximate surface area is 191 Å². The zero-order chi connectivity index (χ0) is 22.5. The van der Waals surface area contributed by atoms with E-state index in [9.17, 15) is 14.7 Å². The minimum Gasteiger partial charge on any atom is -0.459 e. The lowest BCUT2D eigenvalue weighted by atomic mass is 9.85. The van der Waals surface area contributed by atoms with Crippen LogP contribution in [-0.2, 0) is 16.0 Å². The van der Waals surface area contributed by atoms with Gasteiger partial charge >= 0.3 is 5.97 Å². The van der Waals surface area contributed by atoms with Gasteiger partial charge in [-0.3, -0.25) is 4.79 Å². The first-order valence-corrected chi connectivity index (χ1v) is 12.9. The molecule has 3 atom stereocenters. The van der Waals surface area contributed by atoms with Crippen molar-refractivity contribution in [3.05, 3.63) is 21.9 Å². The first kappa shape index (κ1) is 26.0. The predicted octanol–water partition coefficient (Wildman–Crippen LogP) is 5.32. The summed E-state index contributed by atoms with van der Waals surface area (Å²) < 4.78 is 4.96. The molecular weight excluding hydrogens is 412 g/mol. The van der Waals surface area contributed by atoms with Gasteiger partial charge in [0.15, 0.2) is 0 Å². The van der Waals surface area contributed by atoms with Crippen molar-refractivity contribution in [3.63, 3.8) is 0 Å². The average molecular weight is 453 g/mol. The van der Waals surface area contributed by atoms with Gasteiger partial charge in [0.2, 0.25) is 0 Å². The van der Waals surface area contributed by atoms with E-state index in [0.29, 0.717) is 29.4 Å². The Morgan fingerprint density at radius 3 is 2.65 bits per heavy atom. The molecule has 31 heavy (non-hydrogen) atoms. The summed E-state index contributed by atoms with van der Waals surface area (Å²) in [6.45, 7) is 2.06. The second kappa shape index (κ2) is 14.8. The highest BCUT2D eigenvalue weighted by molar-refractivity contribution is 7.13. The minimum atomic E-state index is -0.376. The highest BCUT2D eigenvalue weighted by Crippen LogP contribution is 2.38. The van der Waals surface area contributed by atoms with Crippen LogP contribution in [-0.4, -0.2) is 41.3 Å². The Kier molecular flexibility index (Phi) is 12.4. The molecule has 0 unspecified atom stereocenters. The van der Waals surface area contributed by atoms with Crippen LogP contribution >= 0.6 is 11.3 Å². The van der Waals surface area contributed by atoms with Crippen LogP contribution in [0.25, 0.3) is 0 Å². The van der Waals surface area contributed by atoms with Crippen LogP contribution < -0.4 is 0 Å². The smallest absolute Gasteiger partial charge is 0.348 e. The molecule has 0 aliphatic heterocycles. The maximum Gasteiger partial charge on any atom is 0.348 e. The number of aryl methyl sites for hydroxylation is 1. The van der Waals surface area contributed by atoms with Crippen molar-refractivity contribution in [1.29, 1.82) is 0 Å². The molecule has 1 aromatic heterocycles. The molecule has 1 aromatic rings. The normalized spacial score (nSPS) is 20.8. The van der Waals surface area contributed by atoms with Crippen molar-refractivity contribution in [2.45, 2.75) is 96.5 Å². The largest absolute Gasteiger partial charge is 0.459 e. The summed E-state index contributed by atoms with van der Waals surface area (Å²) >= 11 is 1.45. The number of ketones is 1. The highest BCUT2D eigenvalue weighted by atomic mass is 32.1. The fraction of sp³-hybridized carbons (Fsp3) is 0.760. The Morgan fingerprint density at radius 1 is 1.06 bits per heavy atom. The zero-order valence-corrected chi connectivity index (χ0v) is 19.8. The van der Waals surface area contributed by atoms with Crippen LogP contribution in [0.3, 0.4) is 0 Å². The Morgan fingerprint density at radius 2 is 1.87 bits per heavy atom. The molecule has 0 spiro atoms. The van der Waals surface area contributed by atoms with E-state index in [-0.39, 0.29) is 31.2 Å². The molecule has 2 rings (SSSR count). The molecule has 6 heteroatoms. The van der Waals surface area contributed by atoms with Crippen LogP contribution in [0.2, 0.25) is 0 Å². The molecule has 0 radical (unpaired) electrons. The summed E-state index contributed by atoms with van der Waals surface area (Å²) in [6, 6.07) is 3.76. The van der Waals surface area contributed by atoms with Crippen LogP contribution in [0.5, 0.6) is 0 Å². The van der Waals surface area contributed by atoms with Crippen LogP contribution in [0.4, 0.5) is 0 Å². The van der Waals surface area contributed by atoms with Gasteiger partial charge in [-0.05, 0) is 68.9 Å². The van der Waals surface area contributed by atoms with Crippen LogP contribution in [0.1, 0.15) is 98.5 Å². The average Bonchev–Trinajstić information content (AvgIpc) is 3.37. The predicted molar refractivity (Wildman–Crippen MR) is 124 cm³/mol. The molecule has 1 aliphatic rings. The lowest BCUT2D eigenvalue weighted by Crippen LogP contribution is -2.20. The molecule has 2 N–H and O–H groups in total. The van der Waals surface area contributed by atoms with Gasteiger partial charge in [-0.15, -0.1) is 11.3 Å². The standard InChI is InChI=1S/C25H40O5S/c1-2-3-4-5-6-9-20(27)12-14-22-19(11-15-23(22)28)8-7-10-21-13-16-24(31-21)25(29)30-18-17-26/h13,16,19,22-23,26,28H,2-12,14-15,17-18H2,1H3/t19-,22+,23+/m0/s1. The number of Topliss-reactive ketones (excluding diaryl/α,β-unsaturated/α-hetero) is 1. The lowest BCUT2D eigenvalue weighted by molar-refractivity contribution is -0.119. The molecule has 1 fully saturated rings. The maximum absolute atomic E-state index is 12.2. The minimum absolute atomic E-state index is 0.0266. The molecule has 5 nitrogen and oxygen atoms in total. The molecule has 1 saturated carbocycles. The summed E-state index contributed by atoms with van der Waals surface area (Å²) in [5.74, 6) is 0.713. The van der Waals surface area contributed by atoms with E-state index in [1.54, 1.807) is 6.07 Å². The molecule has 0 saturated heterocycles. The van der Waals surface area contributed by atoms with Crippen molar-refractivity contribution in [2.75, 3.05) is 13.2 Å². The molecular formula is C25H40O5S. The van der Waals surface area contributed by atoms with Gasteiger partial charge < -0.3 is 14.9 Å². The Bertz CT molecular complexity index is 656. The monoisotopic (exact) mass is 452 g/mol. The topological polar surface area (TPSA) is 83.8 Å². The third kappa shape index (κ3) is 9.42. The summed E-state index contributed by atoms with van der Waals surface area (Å²) in [7, 11) is 0. The summed E-state index contributed by atoms with van der Waals surface area (Å²) in [5, 5.41) is 19.2.